The van der Waals surface area contributed by atoms with E-state index in [0.717, 1.165) is 11.3 Å². The van der Waals surface area contributed by atoms with Gasteiger partial charge in [-0.05, 0) is 31.4 Å². The average molecular weight is 396 g/mol. The minimum absolute atomic E-state index is 0.0300. The molecule has 1 N–H and O–H groups in total. The van der Waals surface area contributed by atoms with Crippen molar-refractivity contribution in [2.24, 2.45) is 5.89 Å². The zero-order valence-electron chi connectivity index (χ0n) is 14.0. The van der Waals surface area contributed by atoms with Crippen molar-refractivity contribution >= 4 is 52.6 Å². The Balaban J connectivity index is 2.48. The lowest BCUT2D eigenvalue weighted by Crippen LogP contribution is -2.47. The van der Waals surface area contributed by atoms with Gasteiger partial charge in [0.05, 0.1) is 27.4 Å². The van der Waals surface area contributed by atoms with Crippen LogP contribution in [0.1, 0.15) is 34.0 Å². The van der Waals surface area contributed by atoms with Gasteiger partial charge in [0, 0.05) is 1.37 Å². The SMILES string of the molecule is [2H]C1(C[C@@H](C(=O)O)N(C(=O)OCC)c2cc(Cl)c(Cl)cc2Cl)CCC1. The van der Waals surface area contributed by atoms with Crippen molar-refractivity contribution in [1.82, 2.24) is 0 Å². The van der Waals surface area contributed by atoms with Crippen LogP contribution >= 0.6 is 34.8 Å². The number of anilines is 1. The summed E-state index contributed by atoms with van der Waals surface area (Å²) in [6, 6.07) is 1.37. The van der Waals surface area contributed by atoms with E-state index in [1.165, 1.54) is 12.1 Å². The number of hydrogen-bond acceptors (Lipinski definition) is 3. The molecule has 1 amide bonds. The Bertz CT molecular complexity index is 682. The van der Waals surface area contributed by atoms with Crippen LogP contribution in [0.15, 0.2) is 12.1 Å². The van der Waals surface area contributed by atoms with Gasteiger partial charge in [0.2, 0.25) is 0 Å². The van der Waals surface area contributed by atoms with Crippen LogP contribution in [-0.4, -0.2) is 29.8 Å². The first-order valence-electron chi connectivity index (χ1n) is 8.02. The van der Waals surface area contributed by atoms with Crippen molar-refractivity contribution in [3.8, 4) is 0 Å². The average Bonchev–Trinajstić information content (AvgIpc) is 2.50. The zero-order valence-corrected chi connectivity index (χ0v) is 15.3. The van der Waals surface area contributed by atoms with E-state index in [-0.39, 0.29) is 33.8 Å². The van der Waals surface area contributed by atoms with Crippen LogP contribution in [0.5, 0.6) is 0 Å². The largest absolute Gasteiger partial charge is 0.480 e. The summed E-state index contributed by atoms with van der Waals surface area (Å²) in [7, 11) is 0. The van der Waals surface area contributed by atoms with Crippen molar-refractivity contribution < 1.29 is 20.8 Å². The lowest BCUT2D eigenvalue weighted by atomic mass is 9.80. The van der Waals surface area contributed by atoms with E-state index in [4.69, 9.17) is 40.9 Å². The second kappa shape index (κ2) is 8.28. The normalized spacial score (nSPS) is 17.4. The van der Waals surface area contributed by atoms with Gasteiger partial charge in [-0.2, -0.15) is 0 Å². The van der Waals surface area contributed by atoms with Gasteiger partial charge in [-0.1, -0.05) is 54.1 Å². The fraction of sp³-hybridized carbons (Fsp3) is 0.500. The van der Waals surface area contributed by atoms with Crippen molar-refractivity contribution in [3.05, 3.63) is 27.2 Å². The van der Waals surface area contributed by atoms with Crippen LogP contribution in [-0.2, 0) is 9.53 Å². The molecular formula is C16H18Cl3NO4. The highest BCUT2D eigenvalue weighted by Crippen LogP contribution is 2.38. The number of benzene rings is 1. The van der Waals surface area contributed by atoms with Crippen LogP contribution in [0.4, 0.5) is 10.5 Å². The van der Waals surface area contributed by atoms with Gasteiger partial charge in [-0.25, -0.2) is 9.59 Å². The van der Waals surface area contributed by atoms with E-state index in [2.05, 4.69) is 0 Å². The van der Waals surface area contributed by atoms with E-state index in [1.54, 1.807) is 6.92 Å². The Labute approximate surface area is 156 Å². The van der Waals surface area contributed by atoms with E-state index in [9.17, 15) is 14.7 Å². The molecule has 0 heterocycles. The summed E-state index contributed by atoms with van der Waals surface area (Å²) in [4.78, 5) is 25.3. The number of carboxylic acids is 1. The van der Waals surface area contributed by atoms with E-state index in [1.807, 2.05) is 0 Å². The van der Waals surface area contributed by atoms with Gasteiger partial charge < -0.3 is 9.84 Å². The molecule has 1 aliphatic rings. The van der Waals surface area contributed by atoms with Gasteiger partial charge in [-0.3, -0.25) is 4.90 Å². The minimum atomic E-state index is -1.30. The molecule has 0 aliphatic heterocycles. The Morgan fingerprint density at radius 3 is 2.46 bits per heavy atom. The first kappa shape index (κ1) is 17.6. The molecule has 1 aromatic carbocycles. The molecule has 8 heteroatoms. The maximum Gasteiger partial charge on any atom is 0.415 e. The number of amides is 1. The number of ether oxygens (including phenoxy) is 1. The van der Waals surface area contributed by atoms with Crippen molar-refractivity contribution in [2.45, 2.75) is 38.6 Å². The van der Waals surface area contributed by atoms with Gasteiger partial charge in [-0.15, -0.1) is 0 Å². The molecule has 1 saturated carbocycles. The fourth-order valence-corrected chi connectivity index (χ4v) is 3.11. The summed E-state index contributed by atoms with van der Waals surface area (Å²) in [6.45, 7) is 1.67. The first-order chi connectivity index (χ1) is 11.7. The predicted molar refractivity (Wildman–Crippen MR) is 94.4 cm³/mol. The number of nitrogens with zero attached hydrogens (tertiary/aromatic N) is 1. The van der Waals surface area contributed by atoms with Crippen molar-refractivity contribution in [3.63, 3.8) is 0 Å². The first-order valence-corrected chi connectivity index (χ1v) is 8.65. The van der Waals surface area contributed by atoms with Crippen LogP contribution in [0.25, 0.3) is 0 Å². The standard InChI is InChI=1S/C16H18Cl3NO4/c1-2-24-16(23)20(13-8-11(18)10(17)7-12(13)19)14(15(21)22)6-9-4-3-5-9/h7-9,14H,2-6H2,1H3,(H,21,22)/t14-/m0/s1/i9D. The van der Waals surface area contributed by atoms with Crippen LogP contribution < -0.4 is 4.90 Å². The quantitative estimate of drug-likeness (QED) is 0.668. The Kier molecular flexibility index (Phi) is 6.09. The van der Waals surface area contributed by atoms with Crippen LogP contribution in [0.3, 0.4) is 0 Å². The van der Waals surface area contributed by atoms with E-state index in [0.29, 0.717) is 12.8 Å². The number of halogens is 3. The summed E-state index contributed by atoms with van der Waals surface area (Å²) in [5.41, 5.74) is 0.0878. The molecule has 24 heavy (non-hydrogen) atoms. The minimum Gasteiger partial charge on any atom is -0.480 e. The zero-order chi connectivity index (χ0) is 18.8. The number of carbonyl (C=O) groups excluding carboxylic acids is 1. The third kappa shape index (κ3) is 4.26. The summed E-state index contributed by atoms with van der Waals surface area (Å²) < 4.78 is 13.3. The van der Waals surface area contributed by atoms with Gasteiger partial charge in [0.25, 0.3) is 0 Å². The fourth-order valence-electron chi connectivity index (χ4n) is 2.48. The molecule has 0 spiro atoms. The van der Waals surface area contributed by atoms with Crippen LogP contribution in [0.2, 0.25) is 15.1 Å². The number of carbonyl (C=O) groups is 2. The van der Waals surface area contributed by atoms with Crippen molar-refractivity contribution in [2.75, 3.05) is 11.5 Å². The lowest BCUT2D eigenvalue weighted by molar-refractivity contribution is -0.139. The molecule has 1 aliphatic carbocycles. The Morgan fingerprint density at radius 1 is 1.33 bits per heavy atom. The molecule has 1 fully saturated rings. The van der Waals surface area contributed by atoms with Gasteiger partial charge in [0.15, 0.2) is 0 Å². The van der Waals surface area contributed by atoms with Gasteiger partial charge in [0.1, 0.15) is 6.04 Å². The topological polar surface area (TPSA) is 66.8 Å². The number of rotatable bonds is 6. The Morgan fingerprint density at radius 2 is 1.96 bits per heavy atom. The molecule has 5 nitrogen and oxygen atoms in total. The highest BCUT2D eigenvalue weighted by atomic mass is 35.5. The summed E-state index contributed by atoms with van der Waals surface area (Å²) in [5.74, 6) is -2.12. The van der Waals surface area contributed by atoms with E-state index < -0.39 is 24.0 Å². The monoisotopic (exact) mass is 394 g/mol. The summed E-state index contributed by atoms with van der Waals surface area (Å²) in [6.07, 6.45) is 1.14. The van der Waals surface area contributed by atoms with Gasteiger partial charge >= 0.3 is 12.1 Å². The summed E-state index contributed by atoms with van der Waals surface area (Å²) in [5, 5.41) is 10.1. The highest BCUT2D eigenvalue weighted by molar-refractivity contribution is 6.44. The number of aliphatic carboxylic acids is 1. The summed E-state index contributed by atoms with van der Waals surface area (Å²) >= 11 is 18.1. The predicted octanol–water partition coefficient (Wildman–Crippen LogP) is 5.25. The third-order valence-electron chi connectivity index (χ3n) is 3.85. The number of carboxylic acid groups (broad SMARTS) is 1. The molecule has 2 rings (SSSR count). The molecule has 0 saturated heterocycles. The lowest BCUT2D eigenvalue weighted by Gasteiger charge is -2.34. The molecule has 0 bridgehead atoms. The molecule has 0 unspecified atom stereocenters. The maximum atomic E-state index is 12.5. The molecular weight excluding hydrogens is 377 g/mol. The molecule has 0 aromatic heterocycles. The number of hydrogen-bond donors (Lipinski definition) is 1. The molecule has 1 atom stereocenters. The second-order valence-corrected chi connectivity index (χ2v) is 6.67. The maximum absolute atomic E-state index is 12.5. The van der Waals surface area contributed by atoms with E-state index >= 15 is 0 Å². The second-order valence-electron chi connectivity index (χ2n) is 5.45. The Hall–Kier alpha value is -1.17. The van der Waals surface area contributed by atoms with Crippen molar-refractivity contribution in [1.29, 1.82) is 0 Å². The molecule has 132 valence electrons. The van der Waals surface area contributed by atoms with Crippen LogP contribution in [0, 0.1) is 5.89 Å². The third-order valence-corrected chi connectivity index (χ3v) is 4.88. The highest BCUT2D eigenvalue weighted by Gasteiger charge is 2.36. The smallest absolute Gasteiger partial charge is 0.415 e. The molecule has 0 radical (unpaired) electrons. The molecule has 1 aromatic rings.